The molecular weight excluding hydrogens is 248 g/mol. The third-order valence-corrected chi connectivity index (χ3v) is 2.70. The van der Waals surface area contributed by atoms with Crippen molar-refractivity contribution in [1.82, 2.24) is 0 Å². The smallest absolute Gasteiger partial charge is 0.328 e. The van der Waals surface area contributed by atoms with Gasteiger partial charge in [-0.05, 0) is 12.1 Å². The Morgan fingerprint density at radius 2 is 1.95 bits per heavy atom. The first-order valence-electron chi connectivity index (χ1n) is 5.37. The molecule has 0 atom stereocenters. The average molecular weight is 258 g/mol. The molecule has 0 saturated heterocycles. The number of benzene rings is 2. The zero-order valence-corrected chi connectivity index (χ0v) is 9.74. The molecule has 0 bridgehead atoms. The molecule has 6 heteroatoms. The summed E-state index contributed by atoms with van der Waals surface area (Å²) < 4.78 is 0. The number of non-ortho nitro benzene ring substituents is 1. The first-order valence-corrected chi connectivity index (χ1v) is 5.37. The van der Waals surface area contributed by atoms with E-state index in [9.17, 15) is 14.9 Å². The molecule has 2 aromatic carbocycles. The second-order valence-electron chi connectivity index (χ2n) is 3.87. The van der Waals surface area contributed by atoms with Crippen LogP contribution in [0, 0.1) is 10.1 Å². The van der Waals surface area contributed by atoms with E-state index in [-0.39, 0.29) is 5.69 Å². The molecule has 0 spiro atoms. The molecule has 2 rings (SSSR count). The molecule has 3 N–H and O–H groups in total. The number of nitrogens with two attached hydrogens (primary N) is 1. The fourth-order valence-electron chi connectivity index (χ4n) is 1.85. The van der Waals surface area contributed by atoms with Crippen LogP contribution in [0.1, 0.15) is 5.56 Å². The molecule has 96 valence electrons. The summed E-state index contributed by atoms with van der Waals surface area (Å²) in [6.45, 7) is 0. The summed E-state index contributed by atoms with van der Waals surface area (Å²) >= 11 is 0. The highest BCUT2D eigenvalue weighted by Gasteiger charge is 2.15. The highest BCUT2D eigenvalue weighted by molar-refractivity contribution is 6.03. The van der Waals surface area contributed by atoms with Crippen LogP contribution in [0.2, 0.25) is 0 Å². The number of carbonyl (C=O) groups is 1. The quantitative estimate of drug-likeness (QED) is 0.380. The number of hydrogen-bond acceptors (Lipinski definition) is 4. The lowest BCUT2D eigenvalue weighted by molar-refractivity contribution is -0.383. The summed E-state index contributed by atoms with van der Waals surface area (Å²) in [6.07, 6.45) is 2.14. The molecule has 0 fully saturated rings. The van der Waals surface area contributed by atoms with Crippen molar-refractivity contribution >= 4 is 34.2 Å². The van der Waals surface area contributed by atoms with E-state index < -0.39 is 10.9 Å². The molecule has 0 radical (unpaired) electrons. The number of carboxylic acids is 1. The van der Waals surface area contributed by atoms with Crippen LogP contribution in [-0.2, 0) is 4.79 Å². The number of fused-ring (bicyclic) bond motifs is 1. The molecule has 0 unspecified atom stereocenters. The number of nitrogens with zero attached hydrogens (tertiary/aromatic N) is 1. The van der Waals surface area contributed by atoms with Gasteiger partial charge in [0.05, 0.1) is 10.3 Å². The van der Waals surface area contributed by atoms with Crippen LogP contribution in [0.15, 0.2) is 36.4 Å². The first-order chi connectivity index (χ1) is 9.00. The molecule has 2 aromatic rings. The number of nitro benzene ring substituents is 1. The maximum atomic E-state index is 11.0. The Hall–Kier alpha value is -2.89. The van der Waals surface area contributed by atoms with E-state index >= 15 is 0 Å². The number of hydrogen-bond donors (Lipinski definition) is 2. The monoisotopic (exact) mass is 258 g/mol. The molecule has 0 amide bonds. The van der Waals surface area contributed by atoms with Gasteiger partial charge in [0.1, 0.15) is 0 Å². The SMILES string of the molecule is Nc1c(/C=C\C(=O)O)cc([N+](=O)[O-])c2ccccc12. The Balaban J connectivity index is 2.76. The summed E-state index contributed by atoms with van der Waals surface area (Å²) in [5.41, 5.74) is 6.44. The summed E-state index contributed by atoms with van der Waals surface area (Å²) in [7, 11) is 0. The minimum absolute atomic E-state index is 0.102. The minimum Gasteiger partial charge on any atom is -0.478 e. The zero-order valence-electron chi connectivity index (χ0n) is 9.74. The summed E-state index contributed by atoms with van der Waals surface area (Å²) in [5, 5.41) is 20.6. The molecule has 0 aliphatic carbocycles. The highest BCUT2D eigenvalue weighted by atomic mass is 16.6. The van der Waals surface area contributed by atoms with Crippen molar-refractivity contribution in [2.45, 2.75) is 0 Å². The Morgan fingerprint density at radius 1 is 1.32 bits per heavy atom. The third kappa shape index (κ3) is 2.37. The maximum absolute atomic E-state index is 11.0. The number of rotatable bonds is 3. The van der Waals surface area contributed by atoms with E-state index in [0.29, 0.717) is 22.0 Å². The van der Waals surface area contributed by atoms with Gasteiger partial charge in [0.15, 0.2) is 0 Å². The number of nitrogen functional groups attached to an aromatic ring is 1. The van der Waals surface area contributed by atoms with Gasteiger partial charge in [-0.25, -0.2) is 4.79 Å². The van der Waals surface area contributed by atoms with Gasteiger partial charge in [-0.15, -0.1) is 0 Å². The van der Waals surface area contributed by atoms with Gasteiger partial charge in [-0.1, -0.05) is 18.2 Å². The first kappa shape index (κ1) is 12.6. The van der Waals surface area contributed by atoms with Crippen molar-refractivity contribution in [1.29, 1.82) is 0 Å². The van der Waals surface area contributed by atoms with E-state index in [2.05, 4.69) is 0 Å². The van der Waals surface area contributed by atoms with E-state index in [4.69, 9.17) is 10.8 Å². The fourth-order valence-corrected chi connectivity index (χ4v) is 1.85. The van der Waals surface area contributed by atoms with Crippen molar-refractivity contribution in [3.05, 3.63) is 52.1 Å². The Labute approximate surface area is 107 Å². The largest absolute Gasteiger partial charge is 0.478 e. The minimum atomic E-state index is -1.14. The van der Waals surface area contributed by atoms with Crippen LogP contribution in [0.5, 0.6) is 0 Å². The molecule has 0 aliphatic rings. The number of anilines is 1. The lowest BCUT2D eigenvalue weighted by Gasteiger charge is -2.06. The standard InChI is InChI=1S/C13H10N2O4/c14-13-8(5-6-12(16)17)7-11(15(18)19)9-3-1-2-4-10(9)13/h1-7H,14H2,(H,16,17)/b6-5-. The van der Waals surface area contributed by atoms with Gasteiger partial charge in [-0.3, -0.25) is 10.1 Å². The van der Waals surface area contributed by atoms with Crippen LogP contribution in [0.3, 0.4) is 0 Å². The summed E-state index contributed by atoms with van der Waals surface area (Å²) in [5.74, 6) is -1.14. The Bertz CT molecular complexity index is 707. The molecule has 6 nitrogen and oxygen atoms in total. The maximum Gasteiger partial charge on any atom is 0.328 e. The van der Waals surface area contributed by atoms with E-state index in [1.54, 1.807) is 24.3 Å². The van der Waals surface area contributed by atoms with Gasteiger partial charge in [0.2, 0.25) is 0 Å². The van der Waals surface area contributed by atoms with Crippen LogP contribution in [-0.4, -0.2) is 16.0 Å². The molecule has 0 aliphatic heterocycles. The average Bonchev–Trinajstić information content (AvgIpc) is 2.37. The molecule has 0 heterocycles. The van der Waals surface area contributed by atoms with E-state index in [0.717, 1.165) is 6.08 Å². The van der Waals surface area contributed by atoms with Crippen molar-refractivity contribution in [3.63, 3.8) is 0 Å². The van der Waals surface area contributed by atoms with Crippen LogP contribution in [0.25, 0.3) is 16.8 Å². The van der Waals surface area contributed by atoms with Crippen molar-refractivity contribution < 1.29 is 14.8 Å². The van der Waals surface area contributed by atoms with Crippen LogP contribution >= 0.6 is 0 Å². The van der Waals surface area contributed by atoms with Gasteiger partial charge in [-0.2, -0.15) is 0 Å². The van der Waals surface area contributed by atoms with Gasteiger partial charge < -0.3 is 10.8 Å². The van der Waals surface area contributed by atoms with Crippen molar-refractivity contribution in [2.75, 3.05) is 5.73 Å². The molecule has 19 heavy (non-hydrogen) atoms. The predicted molar refractivity (Wildman–Crippen MR) is 71.7 cm³/mol. The fraction of sp³-hybridized carbons (Fsp3) is 0. The van der Waals surface area contributed by atoms with Gasteiger partial charge >= 0.3 is 5.97 Å². The number of aliphatic carboxylic acids is 1. The van der Waals surface area contributed by atoms with Crippen LogP contribution < -0.4 is 5.73 Å². The zero-order chi connectivity index (χ0) is 14.0. The molecule has 0 saturated carbocycles. The lowest BCUT2D eigenvalue weighted by atomic mass is 10.0. The second-order valence-corrected chi connectivity index (χ2v) is 3.87. The van der Waals surface area contributed by atoms with E-state index in [1.165, 1.54) is 12.1 Å². The normalized spacial score (nSPS) is 10.9. The number of carboxylic acid groups (broad SMARTS) is 1. The summed E-state index contributed by atoms with van der Waals surface area (Å²) in [6, 6.07) is 7.94. The van der Waals surface area contributed by atoms with Gasteiger partial charge in [0.25, 0.3) is 5.69 Å². The van der Waals surface area contributed by atoms with Crippen molar-refractivity contribution in [2.24, 2.45) is 0 Å². The molecule has 0 aromatic heterocycles. The Kier molecular flexibility index (Phi) is 3.15. The summed E-state index contributed by atoms with van der Waals surface area (Å²) in [4.78, 5) is 21.0. The van der Waals surface area contributed by atoms with E-state index in [1.807, 2.05) is 0 Å². The molecular formula is C13H10N2O4. The second kappa shape index (κ2) is 4.77. The van der Waals surface area contributed by atoms with Crippen LogP contribution in [0.4, 0.5) is 11.4 Å². The van der Waals surface area contributed by atoms with Crippen molar-refractivity contribution in [3.8, 4) is 0 Å². The lowest BCUT2D eigenvalue weighted by Crippen LogP contribution is -1.97. The highest BCUT2D eigenvalue weighted by Crippen LogP contribution is 2.33. The topological polar surface area (TPSA) is 106 Å². The number of nitro groups is 1. The van der Waals surface area contributed by atoms with Gasteiger partial charge in [0, 0.05) is 28.8 Å². The predicted octanol–water partition coefficient (Wildman–Crippen LogP) is 2.43. The third-order valence-electron chi connectivity index (χ3n) is 2.70. The Morgan fingerprint density at radius 3 is 2.53 bits per heavy atom.